The standard InChI is InChI=1S/C8H15FO2S.C5H10O2/c1-2-3-4-5-6-7-8-12(9,10)11;1-5-4-6-2-3-7-5/h2H,1,3-8H2;5H,2-4H2,1H3. The van der Waals surface area contributed by atoms with Gasteiger partial charge in [0, 0.05) is 0 Å². The number of unbranched alkanes of at least 4 members (excludes halogenated alkanes) is 4. The number of hydrogen-bond donors (Lipinski definition) is 0. The molecule has 0 spiro atoms. The normalized spacial score (nSPS) is 19.4. The van der Waals surface area contributed by atoms with Gasteiger partial charge in [0.2, 0.25) is 0 Å². The van der Waals surface area contributed by atoms with Gasteiger partial charge in [0.05, 0.1) is 31.7 Å². The molecular weight excluding hydrogens is 271 g/mol. The van der Waals surface area contributed by atoms with Crippen molar-refractivity contribution in [1.82, 2.24) is 0 Å². The van der Waals surface area contributed by atoms with Gasteiger partial charge in [0.15, 0.2) is 0 Å². The predicted octanol–water partition coefficient (Wildman–Crippen LogP) is 2.84. The molecule has 0 aliphatic carbocycles. The fourth-order valence-corrected chi connectivity index (χ4v) is 2.07. The second-order valence-electron chi connectivity index (χ2n) is 4.49. The highest BCUT2D eigenvalue weighted by Gasteiger charge is 2.06. The maximum Gasteiger partial charge on any atom is 0.302 e. The predicted molar refractivity (Wildman–Crippen MR) is 74.4 cm³/mol. The van der Waals surface area contributed by atoms with Crippen molar-refractivity contribution in [2.75, 3.05) is 25.6 Å². The van der Waals surface area contributed by atoms with E-state index in [1.165, 1.54) is 0 Å². The molecule has 6 heteroatoms. The maximum absolute atomic E-state index is 11.9. The first-order chi connectivity index (χ1) is 8.95. The quantitative estimate of drug-likeness (QED) is 0.412. The zero-order valence-electron chi connectivity index (χ0n) is 11.6. The smallest absolute Gasteiger partial charge is 0.302 e. The summed E-state index contributed by atoms with van der Waals surface area (Å²) >= 11 is 0. The summed E-state index contributed by atoms with van der Waals surface area (Å²) in [6.07, 6.45) is 6.24. The zero-order chi connectivity index (χ0) is 14.6. The van der Waals surface area contributed by atoms with Crippen LogP contribution >= 0.6 is 0 Å². The van der Waals surface area contributed by atoms with Crippen molar-refractivity contribution >= 4 is 10.2 Å². The fraction of sp³-hybridized carbons (Fsp3) is 0.846. The number of rotatable bonds is 7. The third kappa shape index (κ3) is 15.5. The van der Waals surface area contributed by atoms with Crippen molar-refractivity contribution in [3.63, 3.8) is 0 Å². The Labute approximate surface area is 116 Å². The Balaban J connectivity index is 0.000000388. The minimum absolute atomic E-state index is 0.314. The molecule has 0 bridgehead atoms. The van der Waals surface area contributed by atoms with Gasteiger partial charge in [-0.15, -0.1) is 10.5 Å². The third-order valence-electron chi connectivity index (χ3n) is 2.53. The van der Waals surface area contributed by atoms with Crippen molar-refractivity contribution in [3.8, 4) is 0 Å². The van der Waals surface area contributed by atoms with E-state index in [4.69, 9.17) is 9.47 Å². The molecule has 0 radical (unpaired) electrons. The van der Waals surface area contributed by atoms with Crippen LogP contribution in [0.15, 0.2) is 12.7 Å². The molecule has 1 unspecified atom stereocenters. The Morgan fingerprint density at radius 3 is 2.37 bits per heavy atom. The Bertz CT molecular complexity index is 311. The van der Waals surface area contributed by atoms with Crippen LogP contribution in [0.2, 0.25) is 0 Å². The van der Waals surface area contributed by atoms with E-state index in [0.29, 0.717) is 12.5 Å². The van der Waals surface area contributed by atoms with Gasteiger partial charge in [-0.2, -0.15) is 8.42 Å². The Hall–Kier alpha value is -0.460. The first kappa shape index (κ1) is 18.5. The second kappa shape index (κ2) is 11.4. The van der Waals surface area contributed by atoms with Crippen LogP contribution < -0.4 is 0 Å². The first-order valence-corrected chi connectivity index (χ1v) is 8.23. The topological polar surface area (TPSA) is 52.6 Å². The molecule has 1 atom stereocenters. The first-order valence-electron chi connectivity index (χ1n) is 6.68. The minimum Gasteiger partial charge on any atom is -0.376 e. The molecule has 1 fully saturated rings. The molecule has 1 aliphatic rings. The SMILES string of the molecule is C=CCCCCCCS(=O)(=O)F.CC1COCCO1. The highest BCUT2D eigenvalue weighted by molar-refractivity contribution is 7.86. The van der Waals surface area contributed by atoms with Crippen molar-refractivity contribution in [2.45, 2.75) is 45.1 Å². The Kier molecular flexibility index (Phi) is 11.1. The highest BCUT2D eigenvalue weighted by atomic mass is 32.3. The van der Waals surface area contributed by atoms with Gasteiger partial charge in [-0.3, -0.25) is 0 Å². The molecule has 0 aromatic rings. The van der Waals surface area contributed by atoms with Gasteiger partial charge >= 0.3 is 10.2 Å². The third-order valence-corrected chi connectivity index (χ3v) is 3.31. The highest BCUT2D eigenvalue weighted by Crippen LogP contribution is 2.05. The van der Waals surface area contributed by atoms with Crippen LogP contribution in [0.4, 0.5) is 3.89 Å². The van der Waals surface area contributed by atoms with E-state index in [1.54, 1.807) is 0 Å². The lowest BCUT2D eigenvalue weighted by Gasteiger charge is -2.18. The van der Waals surface area contributed by atoms with Gasteiger partial charge < -0.3 is 9.47 Å². The van der Waals surface area contributed by atoms with Gasteiger partial charge in [0.25, 0.3) is 0 Å². The lowest BCUT2D eigenvalue weighted by atomic mass is 10.2. The average molecular weight is 296 g/mol. The van der Waals surface area contributed by atoms with E-state index in [0.717, 1.165) is 45.5 Å². The molecule has 0 saturated carbocycles. The van der Waals surface area contributed by atoms with Crippen molar-refractivity contribution in [2.24, 2.45) is 0 Å². The van der Waals surface area contributed by atoms with E-state index in [2.05, 4.69) is 6.58 Å². The van der Waals surface area contributed by atoms with Gasteiger partial charge in [-0.05, 0) is 26.2 Å². The van der Waals surface area contributed by atoms with Gasteiger partial charge in [0.1, 0.15) is 0 Å². The maximum atomic E-state index is 11.9. The summed E-state index contributed by atoms with van der Waals surface area (Å²) in [5.41, 5.74) is 0. The molecular formula is C13H25FO4S. The van der Waals surface area contributed by atoms with E-state index in [-0.39, 0.29) is 5.75 Å². The summed E-state index contributed by atoms with van der Waals surface area (Å²) in [5, 5.41) is 0. The molecule has 0 aromatic heterocycles. The molecule has 0 aromatic carbocycles. The van der Waals surface area contributed by atoms with Crippen LogP contribution in [-0.2, 0) is 19.7 Å². The fourth-order valence-electron chi connectivity index (χ4n) is 1.52. The van der Waals surface area contributed by atoms with Crippen LogP contribution in [0, 0.1) is 0 Å². The molecule has 1 saturated heterocycles. The number of ether oxygens (including phenoxy) is 2. The van der Waals surface area contributed by atoms with Crippen LogP contribution in [0.3, 0.4) is 0 Å². The lowest BCUT2D eigenvalue weighted by molar-refractivity contribution is -0.0797. The van der Waals surface area contributed by atoms with Crippen LogP contribution in [0.5, 0.6) is 0 Å². The number of allylic oxidation sites excluding steroid dienone is 1. The largest absolute Gasteiger partial charge is 0.376 e. The van der Waals surface area contributed by atoms with Crippen LogP contribution in [-0.4, -0.2) is 40.1 Å². The monoisotopic (exact) mass is 296 g/mol. The summed E-state index contributed by atoms with van der Waals surface area (Å²) in [6, 6.07) is 0. The van der Waals surface area contributed by atoms with Crippen molar-refractivity contribution < 1.29 is 21.8 Å². The van der Waals surface area contributed by atoms with E-state index < -0.39 is 10.2 Å². The van der Waals surface area contributed by atoms with Crippen molar-refractivity contribution in [1.29, 1.82) is 0 Å². The minimum atomic E-state index is -4.24. The van der Waals surface area contributed by atoms with Crippen LogP contribution in [0.1, 0.15) is 39.0 Å². The van der Waals surface area contributed by atoms with Crippen LogP contribution in [0.25, 0.3) is 0 Å². The molecule has 0 amide bonds. The van der Waals surface area contributed by atoms with E-state index >= 15 is 0 Å². The summed E-state index contributed by atoms with van der Waals surface area (Å²) in [4.78, 5) is 0. The van der Waals surface area contributed by atoms with E-state index in [9.17, 15) is 12.3 Å². The lowest BCUT2D eigenvalue weighted by Crippen LogP contribution is -2.25. The zero-order valence-corrected chi connectivity index (χ0v) is 12.5. The number of hydrogen-bond acceptors (Lipinski definition) is 4. The average Bonchev–Trinajstić information content (AvgIpc) is 2.34. The number of halogens is 1. The molecule has 114 valence electrons. The Morgan fingerprint density at radius 1 is 1.26 bits per heavy atom. The van der Waals surface area contributed by atoms with Crippen molar-refractivity contribution in [3.05, 3.63) is 12.7 Å². The van der Waals surface area contributed by atoms with Gasteiger partial charge in [-0.1, -0.05) is 18.9 Å². The summed E-state index contributed by atoms with van der Waals surface area (Å²) in [5.74, 6) is -0.332. The summed E-state index contributed by atoms with van der Waals surface area (Å²) < 4.78 is 42.2. The summed E-state index contributed by atoms with van der Waals surface area (Å²) in [6.45, 7) is 7.87. The second-order valence-corrected chi connectivity index (χ2v) is 5.98. The summed E-state index contributed by atoms with van der Waals surface area (Å²) in [7, 11) is -4.24. The van der Waals surface area contributed by atoms with Gasteiger partial charge in [-0.25, -0.2) is 0 Å². The molecule has 4 nitrogen and oxygen atoms in total. The molecule has 1 aliphatic heterocycles. The van der Waals surface area contributed by atoms with E-state index in [1.807, 2.05) is 13.0 Å². The molecule has 1 heterocycles. The Morgan fingerprint density at radius 2 is 1.95 bits per heavy atom. The molecule has 0 N–H and O–H groups in total. The molecule has 19 heavy (non-hydrogen) atoms. The molecule has 1 rings (SSSR count).